The zero-order valence-electron chi connectivity index (χ0n) is 16.2. The smallest absolute Gasteiger partial charge is 0.277 e. The molecular formula is C21H20N6O3. The molecule has 0 saturated carbocycles. The molecule has 0 aliphatic heterocycles. The van der Waals surface area contributed by atoms with Gasteiger partial charge in [-0.05, 0) is 43.2 Å². The summed E-state index contributed by atoms with van der Waals surface area (Å²) >= 11 is 0. The molecule has 2 aromatic carbocycles. The maximum Gasteiger partial charge on any atom is 0.277 e. The van der Waals surface area contributed by atoms with Crippen LogP contribution in [-0.4, -0.2) is 30.9 Å². The Morgan fingerprint density at radius 3 is 2.77 bits per heavy atom. The molecule has 0 atom stereocenters. The van der Waals surface area contributed by atoms with Gasteiger partial charge in [0.2, 0.25) is 5.91 Å². The van der Waals surface area contributed by atoms with Gasteiger partial charge in [0.05, 0.1) is 22.6 Å². The molecule has 2 N–H and O–H groups in total. The van der Waals surface area contributed by atoms with Gasteiger partial charge in [-0.2, -0.15) is 0 Å². The summed E-state index contributed by atoms with van der Waals surface area (Å²) in [6.45, 7) is 0.457. The molecule has 0 unspecified atom stereocenters. The molecule has 2 aromatic heterocycles. The summed E-state index contributed by atoms with van der Waals surface area (Å²) in [4.78, 5) is 43.0. The standard InChI is InChI=1S/C21H20N6O3/c28-19(24-14-9-10-17-16(12-14)20(29)23-13-22-17)8-2-1-5-11-27-21(30)15-6-3-4-7-18(15)25-26-27/h3-4,6-7,9-10,12-13H,1-2,5,8,11H2,(H,24,28)(H,22,23,29). The Labute approximate surface area is 170 Å². The third-order valence-corrected chi connectivity index (χ3v) is 4.83. The first-order valence-electron chi connectivity index (χ1n) is 9.72. The fraction of sp³-hybridized carbons (Fsp3) is 0.238. The molecule has 9 heteroatoms. The monoisotopic (exact) mass is 404 g/mol. The lowest BCUT2D eigenvalue weighted by Gasteiger charge is -2.07. The number of H-pyrrole nitrogens is 1. The first-order valence-corrected chi connectivity index (χ1v) is 9.72. The van der Waals surface area contributed by atoms with E-state index in [9.17, 15) is 14.4 Å². The van der Waals surface area contributed by atoms with Crippen LogP contribution >= 0.6 is 0 Å². The summed E-state index contributed by atoms with van der Waals surface area (Å²) in [5.41, 5.74) is 1.32. The zero-order chi connectivity index (χ0) is 20.9. The van der Waals surface area contributed by atoms with Gasteiger partial charge >= 0.3 is 0 Å². The normalized spacial score (nSPS) is 11.1. The number of nitrogens with zero attached hydrogens (tertiary/aromatic N) is 4. The summed E-state index contributed by atoms with van der Waals surface area (Å²) in [5, 5.41) is 11.8. The van der Waals surface area contributed by atoms with Gasteiger partial charge in [-0.25, -0.2) is 9.67 Å². The number of aryl methyl sites for hydroxylation is 1. The third-order valence-electron chi connectivity index (χ3n) is 4.83. The van der Waals surface area contributed by atoms with Crippen LogP contribution in [-0.2, 0) is 11.3 Å². The second kappa shape index (κ2) is 8.64. The average Bonchev–Trinajstić information content (AvgIpc) is 2.76. The van der Waals surface area contributed by atoms with Crippen LogP contribution in [0.3, 0.4) is 0 Å². The number of anilines is 1. The molecule has 0 spiro atoms. The van der Waals surface area contributed by atoms with Gasteiger partial charge < -0.3 is 10.3 Å². The Bertz CT molecular complexity index is 1330. The molecule has 0 aliphatic rings. The third kappa shape index (κ3) is 4.24. The van der Waals surface area contributed by atoms with E-state index in [1.807, 2.05) is 6.07 Å². The lowest BCUT2D eigenvalue weighted by atomic mass is 10.1. The fourth-order valence-electron chi connectivity index (χ4n) is 3.26. The van der Waals surface area contributed by atoms with Gasteiger partial charge in [0, 0.05) is 18.7 Å². The molecule has 2 heterocycles. The largest absolute Gasteiger partial charge is 0.326 e. The van der Waals surface area contributed by atoms with Crippen LogP contribution in [0.4, 0.5) is 5.69 Å². The summed E-state index contributed by atoms with van der Waals surface area (Å²) in [5.74, 6) is -0.127. The van der Waals surface area contributed by atoms with E-state index in [1.165, 1.54) is 11.0 Å². The Balaban J connectivity index is 1.26. The van der Waals surface area contributed by atoms with Crippen molar-refractivity contribution in [2.75, 3.05) is 5.32 Å². The highest BCUT2D eigenvalue weighted by Gasteiger charge is 2.07. The van der Waals surface area contributed by atoms with Crippen molar-refractivity contribution in [2.45, 2.75) is 32.2 Å². The molecule has 1 amide bonds. The number of unbranched alkanes of at least 4 members (excludes halogenated alkanes) is 2. The van der Waals surface area contributed by atoms with Crippen molar-refractivity contribution in [1.82, 2.24) is 25.0 Å². The average molecular weight is 404 g/mol. The number of hydrogen-bond acceptors (Lipinski definition) is 6. The fourth-order valence-corrected chi connectivity index (χ4v) is 3.26. The van der Waals surface area contributed by atoms with Gasteiger partial charge in [-0.3, -0.25) is 14.4 Å². The number of benzene rings is 2. The van der Waals surface area contributed by atoms with Crippen molar-refractivity contribution in [3.63, 3.8) is 0 Å². The first kappa shape index (κ1) is 19.4. The molecule has 9 nitrogen and oxygen atoms in total. The SMILES string of the molecule is O=C(CCCCCn1nnc2ccccc2c1=O)Nc1ccc2nc[nH]c(=O)c2c1. The van der Waals surface area contributed by atoms with Crippen LogP contribution in [0, 0.1) is 0 Å². The van der Waals surface area contributed by atoms with Crippen LogP contribution in [0.25, 0.3) is 21.8 Å². The topological polar surface area (TPSA) is 123 Å². The number of aromatic nitrogens is 5. The predicted molar refractivity (Wildman–Crippen MR) is 113 cm³/mol. The minimum Gasteiger partial charge on any atom is -0.326 e. The Morgan fingerprint density at radius 1 is 1.00 bits per heavy atom. The van der Waals surface area contributed by atoms with Gasteiger partial charge in [-0.1, -0.05) is 23.8 Å². The molecule has 4 rings (SSSR count). The summed E-state index contributed by atoms with van der Waals surface area (Å²) in [6, 6.07) is 12.2. The second-order valence-corrected chi connectivity index (χ2v) is 6.96. The number of aromatic amines is 1. The number of nitrogens with one attached hydrogen (secondary N) is 2. The maximum atomic E-state index is 12.4. The van der Waals surface area contributed by atoms with Crippen molar-refractivity contribution < 1.29 is 4.79 Å². The highest BCUT2D eigenvalue weighted by atomic mass is 16.2. The van der Waals surface area contributed by atoms with Crippen molar-refractivity contribution in [3.05, 3.63) is 69.5 Å². The number of carbonyl (C=O) groups excluding carboxylic acids is 1. The van der Waals surface area contributed by atoms with Crippen molar-refractivity contribution in [3.8, 4) is 0 Å². The Morgan fingerprint density at radius 2 is 1.87 bits per heavy atom. The van der Waals surface area contributed by atoms with Crippen LogP contribution in [0.5, 0.6) is 0 Å². The molecular weight excluding hydrogens is 384 g/mol. The number of rotatable bonds is 7. The minimum atomic E-state index is -0.247. The molecule has 0 fully saturated rings. The van der Waals surface area contributed by atoms with E-state index in [0.717, 1.165) is 12.8 Å². The predicted octanol–water partition coefficient (Wildman–Crippen LogP) is 2.23. The minimum absolute atomic E-state index is 0.127. The highest BCUT2D eigenvalue weighted by Crippen LogP contribution is 2.14. The van der Waals surface area contributed by atoms with Gasteiger partial charge in [0.25, 0.3) is 11.1 Å². The van der Waals surface area contributed by atoms with E-state index in [-0.39, 0.29) is 17.0 Å². The molecule has 0 saturated heterocycles. The van der Waals surface area contributed by atoms with Crippen LogP contribution in [0.15, 0.2) is 58.4 Å². The molecule has 0 radical (unpaired) electrons. The molecule has 30 heavy (non-hydrogen) atoms. The van der Waals surface area contributed by atoms with E-state index >= 15 is 0 Å². The van der Waals surface area contributed by atoms with E-state index < -0.39 is 0 Å². The van der Waals surface area contributed by atoms with Crippen molar-refractivity contribution in [2.24, 2.45) is 0 Å². The lowest BCUT2D eigenvalue weighted by molar-refractivity contribution is -0.116. The molecule has 0 aliphatic carbocycles. The first-order chi connectivity index (χ1) is 14.6. The summed E-state index contributed by atoms with van der Waals surface area (Å²) in [6.07, 6.45) is 3.87. The van der Waals surface area contributed by atoms with Crippen LogP contribution in [0.1, 0.15) is 25.7 Å². The summed E-state index contributed by atoms with van der Waals surface area (Å²) in [7, 11) is 0. The second-order valence-electron chi connectivity index (χ2n) is 6.96. The van der Waals surface area contributed by atoms with Gasteiger partial charge in [-0.15, -0.1) is 5.10 Å². The number of hydrogen-bond donors (Lipinski definition) is 2. The molecule has 152 valence electrons. The number of fused-ring (bicyclic) bond motifs is 2. The quantitative estimate of drug-likeness (QED) is 0.456. The van der Waals surface area contributed by atoms with E-state index in [1.54, 1.807) is 36.4 Å². The van der Waals surface area contributed by atoms with Gasteiger partial charge in [0.15, 0.2) is 0 Å². The lowest BCUT2D eigenvalue weighted by Crippen LogP contribution is -2.24. The molecule has 0 bridgehead atoms. The van der Waals surface area contributed by atoms with Crippen molar-refractivity contribution in [1.29, 1.82) is 0 Å². The van der Waals surface area contributed by atoms with Crippen LogP contribution in [0.2, 0.25) is 0 Å². The number of amides is 1. The van der Waals surface area contributed by atoms with Crippen molar-refractivity contribution >= 4 is 33.4 Å². The van der Waals surface area contributed by atoms with Crippen LogP contribution < -0.4 is 16.4 Å². The molecule has 4 aromatic rings. The maximum absolute atomic E-state index is 12.4. The Kier molecular flexibility index (Phi) is 5.60. The van der Waals surface area contributed by atoms with E-state index in [4.69, 9.17) is 0 Å². The van der Waals surface area contributed by atoms with E-state index in [2.05, 4.69) is 25.6 Å². The van der Waals surface area contributed by atoms with Gasteiger partial charge in [0.1, 0.15) is 5.52 Å². The number of carbonyl (C=O) groups is 1. The highest BCUT2D eigenvalue weighted by molar-refractivity contribution is 5.93. The zero-order valence-corrected chi connectivity index (χ0v) is 16.2. The Hall–Kier alpha value is -3.88. The summed E-state index contributed by atoms with van der Waals surface area (Å²) < 4.78 is 1.36. The van der Waals surface area contributed by atoms with E-state index in [0.29, 0.717) is 46.9 Å².